The van der Waals surface area contributed by atoms with Gasteiger partial charge in [-0.25, -0.2) is 18.2 Å². The Balaban J connectivity index is 1.83. The van der Waals surface area contributed by atoms with E-state index < -0.39 is 44.3 Å². The second-order valence-corrected chi connectivity index (χ2v) is 10.3. The predicted molar refractivity (Wildman–Crippen MR) is 124 cm³/mol. The van der Waals surface area contributed by atoms with Gasteiger partial charge in [-0.3, -0.25) is 10.1 Å². The van der Waals surface area contributed by atoms with E-state index in [1.165, 1.54) is 24.3 Å². The summed E-state index contributed by atoms with van der Waals surface area (Å²) in [7, 11) is -4.05. The van der Waals surface area contributed by atoms with Crippen LogP contribution in [0.4, 0.5) is 24.5 Å². The van der Waals surface area contributed by atoms with Gasteiger partial charge in [-0.15, -0.1) is 0 Å². The number of anilines is 2. The van der Waals surface area contributed by atoms with E-state index in [2.05, 4.69) is 15.6 Å². The third-order valence-electron chi connectivity index (χ3n) is 5.34. The maximum Gasteiger partial charge on any atom is 0.454 e. The molecule has 2 heterocycles. The number of nitrogens with one attached hydrogen (secondary N) is 2. The van der Waals surface area contributed by atoms with Crippen LogP contribution in [0.5, 0.6) is 0 Å². The number of sulfone groups is 1. The van der Waals surface area contributed by atoms with E-state index >= 15 is 0 Å². The molecule has 0 amide bonds. The van der Waals surface area contributed by atoms with Crippen molar-refractivity contribution in [3.8, 4) is 0 Å². The monoisotopic (exact) mass is 543 g/mol. The second-order valence-electron chi connectivity index (χ2n) is 7.75. The minimum Gasteiger partial charge on any atom is -0.478 e. The van der Waals surface area contributed by atoms with Gasteiger partial charge in [-0.1, -0.05) is 11.6 Å². The molecule has 2 aromatic carbocycles. The first-order valence-corrected chi connectivity index (χ1v) is 12.2. The Morgan fingerprint density at radius 3 is 2.53 bits per heavy atom. The van der Waals surface area contributed by atoms with Crippen LogP contribution in [-0.2, 0) is 14.6 Å². The van der Waals surface area contributed by atoms with Crippen LogP contribution in [0.25, 0.3) is 10.9 Å². The fourth-order valence-electron chi connectivity index (χ4n) is 3.59. The number of hydrogen-bond donors (Lipinski definition) is 3. The first-order chi connectivity index (χ1) is 16.9. The number of aromatic carboxylic acids is 1. The zero-order valence-electron chi connectivity index (χ0n) is 18.1. The molecule has 1 unspecified atom stereocenters. The molecule has 0 radical (unpaired) electrons. The third-order valence-corrected chi connectivity index (χ3v) is 7.42. The van der Waals surface area contributed by atoms with Crippen LogP contribution in [0.3, 0.4) is 0 Å². The van der Waals surface area contributed by atoms with Crippen LogP contribution >= 0.6 is 11.6 Å². The molecule has 14 heteroatoms. The van der Waals surface area contributed by atoms with E-state index in [4.69, 9.17) is 16.3 Å². The molecule has 0 bridgehead atoms. The SMILES string of the molecule is O=C(O)c1cc(C(=O)C(F)(F)F)ccc1Nc1cc(S(=O)(=O)C2COCCN2)nc2ccc(Cl)cc12. The highest BCUT2D eigenvalue weighted by atomic mass is 35.5. The van der Waals surface area contributed by atoms with Gasteiger partial charge in [0.1, 0.15) is 5.37 Å². The van der Waals surface area contributed by atoms with E-state index in [0.717, 1.165) is 12.1 Å². The van der Waals surface area contributed by atoms with E-state index in [1.807, 2.05) is 0 Å². The molecule has 0 spiro atoms. The Morgan fingerprint density at radius 2 is 1.89 bits per heavy atom. The van der Waals surface area contributed by atoms with Crippen molar-refractivity contribution >= 4 is 55.5 Å². The van der Waals surface area contributed by atoms with Crippen molar-refractivity contribution in [2.24, 2.45) is 0 Å². The van der Waals surface area contributed by atoms with Crippen molar-refractivity contribution in [1.82, 2.24) is 10.3 Å². The number of ketones is 1. The van der Waals surface area contributed by atoms with E-state index in [-0.39, 0.29) is 33.5 Å². The Labute approximate surface area is 207 Å². The molecule has 1 aromatic heterocycles. The molecule has 0 saturated carbocycles. The highest BCUT2D eigenvalue weighted by molar-refractivity contribution is 7.92. The van der Waals surface area contributed by atoms with E-state index in [9.17, 15) is 36.3 Å². The lowest BCUT2D eigenvalue weighted by Gasteiger charge is -2.24. The van der Waals surface area contributed by atoms with Crippen molar-refractivity contribution in [3.05, 3.63) is 58.6 Å². The van der Waals surface area contributed by atoms with Crippen LogP contribution < -0.4 is 10.6 Å². The number of ether oxygens (including phenoxy) is 1. The number of nitrogens with zero attached hydrogens (tertiary/aromatic N) is 1. The number of pyridine rings is 1. The highest BCUT2D eigenvalue weighted by Gasteiger charge is 2.39. The average molecular weight is 544 g/mol. The van der Waals surface area contributed by atoms with Gasteiger partial charge in [0.2, 0.25) is 9.84 Å². The number of benzene rings is 2. The maximum absolute atomic E-state index is 13.2. The van der Waals surface area contributed by atoms with Crippen molar-refractivity contribution in [3.63, 3.8) is 0 Å². The number of Topliss-reactive ketones (excluding diaryl/α,β-unsaturated/α-hetero) is 1. The standard InChI is InChI=1S/C22H17ClF3N3O6S/c23-12-2-4-15-13(8-12)17(9-18(29-15)36(33,34)19-10-35-6-5-27-19)28-16-3-1-11(7-14(16)21(31)32)20(30)22(24,25)26/h1-4,7-9,19,27H,5-6,10H2,(H,28,29)(H,31,32). The molecule has 1 atom stereocenters. The molecular weight excluding hydrogens is 527 g/mol. The minimum atomic E-state index is -5.19. The summed E-state index contributed by atoms with van der Waals surface area (Å²) in [6.45, 7) is 0.541. The smallest absolute Gasteiger partial charge is 0.454 e. The molecule has 3 N–H and O–H groups in total. The molecule has 9 nitrogen and oxygen atoms in total. The molecule has 1 fully saturated rings. The van der Waals surface area contributed by atoms with Gasteiger partial charge in [-0.05, 0) is 42.5 Å². The Bertz CT molecular complexity index is 1470. The number of carboxylic acids is 1. The van der Waals surface area contributed by atoms with Crippen LogP contribution in [0.2, 0.25) is 5.02 Å². The first-order valence-electron chi connectivity index (χ1n) is 10.3. The topological polar surface area (TPSA) is 135 Å². The second kappa shape index (κ2) is 9.65. The summed E-state index contributed by atoms with van der Waals surface area (Å²) < 4.78 is 70.1. The maximum atomic E-state index is 13.2. The number of carbonyl (C=O) groups is 2. The number of carbonyl (C=O) groups excluding carboxylic acids is 1. The largest absolute Gasteiger partial charge is 0.478 e. The molecule has 0 aliphatic carbocycles. The molecule has 3 aromatic rings. The number of aromatic nitrogens is 1. The molecule has 1 saturated heterocycles. The lowest BCUT2D eigenvalue weighted by molar-refractivity contribution is -0.0885. The Kier molecular flexibility index (Phi) is 6.92. The molecule has 1 aliphatic rings. The van der Waals surface area contributed by atoms with Gasteiger partial charge in [0.15, 0.2) is 5.03 Å². The Morgan fingerprint density at radius 1 is 1.14 bits per heavy atom. The van der Waals surface area contributed by atoms with Crippen molar-refractivity contribution in [2.75, 3.05) is 25.1 Å². The summed E-state index contributed by atoms with van der Waals surface area (Å²) in [5, 5.41) is 14.4. The first kappa shape index (κ1) is 25.8. The number of halogens is 4. The van der Waals surface area contributed by atoms with Crippen LogP contribution in [0.15, 0.2) is 47.5 Å². The summed E-state index contributed by atoms with van der Waals surface area (Å²) >= 11 is 6.09. The van der Waals surface area contributed by atoms with Crippen molar-refractivity contribution in [1.29, 1.82) is 0 Å². The number of morpholine rings is 1. The summed E-state index contributed by atoms with van der Waals surface area (Å²) in [5.74, 6) is -3.81. The van der Waals surface area contributed by atoms with Crippen LogP contribution in [0.1, 0.15) is 20.7 Å². The summed E-state index contributed by atoms with van der Waals surface area (Å²) in [6, 6.07) is 8.00. The van der Waals surface area contributed by atoms with Crippen LogP contribution in [-0.4, -0.2) is 61.6 Å². The summed E-state index contributed by atoms with van der Waals surface area (Å²) in [5.41, 5.74) is -1.39. The van der Waals surface area contributed by atoms with Gasteiger partial charge in [0, 0.05) is 22.5 Å². The predicted octanol–water partition coefficient (Wildman–Crippen LogP) is 3.79. The van der Waals surface area contributed by atoms with Gasteiger partial charge in [0.25, 0.3) is 5.78 Å². The number of fused-ring (bicyclic) bond motifs is 1. The fraction of sp³-hybridized carbons (Fsp3) is 0.227. The quantitative estimate of drug-likeness (QED) is 0.397. The van der Waals surface area contributed by atoms with E-state index in [0.29, 0.717) is 24.6 Å². The van der Waals surface area contributed by atoms with Gasteiger partial charge in [-0.2, -0.15) is 13.2 Å². The fourth-order valence-corrected chi connectivity index (χ4v) is 5.17. The number of alkyl halides is 3. The van der Waals surface area contributed by atoms with Crippen molar-refractivity contribution < 1.29 is 41.0 Å². The summed E-state index contributed by atoms with van der Waals surface area (Å²) in [6.07, 6.45) is -5.19. The number of carboxylic acid groups (broad SMARTS) is 1. The van der Waals surface area contributed by atoms with Gasteiger partial charge in [0.05, 0.1) is 35.7 Å². The molecule has 4 rings (SSSR count). The molecule has 190 valence electrons. The van der Waals surface area contributed by atoms with E-state index in [1.54, 1.807) is 0 Å². The third kappa shape index (κ3) is 5.14. The van der Waals surface area contributed by atoms with Crippen molar-refractivity contribution in [2.45, 2.75) is 16.6 Å². The van der Waals surface area contributed by atoms with Gasteiger partial charge >= 0.3 is 12.1 Å². The zero-order chi connectivity index (χ0) is 26.3. The zero-order valence-corrected chi connectivity index (χ0v) is 19.7. The number of hydrogen-bond acceptors (Lipinski definition) is 8. The average Bonchev–Trinajstić information content (AvgIpc) is 2.83. The molecular formula is C22H17ClF3N3O6S. The summed E-state index contributed by atoms with van der Waals surface area (Å²) in [4.78, 5) is 27.6. The number of rotatable bonds is 6. The van der Waals surface area contributed by atoms with Gasteiger partial charge < -0.3 is 15.2 Å². The molecule has 36 heavy (non-hydrogen) atoms. The molecule has 1 aliphatic heterocycles. The highest BCUT2D eigenvalue weighted by Crippen LogP contribution is 2.33. The normalized spacial score (nSPS) is 16.6. The minimum absolute atomic E-state index is 0.0789. The Hall–Kier alpha value is -3.26. The lowest BCUT2D eigenvalue weighted by Crippen LogP contribution is -2.46. The lowest BCUT2D eigenvalue weighted by atomic mass is 10.0. The van der Waals surface area contributed by atoms with Crippen LogP contribution in [0, 0.1) is 0 Å².